The molecule has 0 aliphatic carbocycles. The highest BCUT2D eigenvalue weighted by Gasteiger charge is 2.15. The summed E-state index contributed by atoms with van der Waals surface area (Å²) in [6.07, 6.45) is 8.94. The molecule has 0 fully saturated rings. The molecule has 3 aromatic heterocycles. The summed E-state index contributed by atoms with van der Waals surface area (Å²) >= 11 is 0. The van der Waals surface area contributed by atoms with Crippen molar-refractivity contribution in [3.63, 3.8) is 0 Å². The Morgan fingerprint density at radius 1 is 0.833 bits per heavy atom. The first kappa shape index (κ1) is 19.8. The maximum atomic E-state index is 5.89. The van der Waals surface area contributed by atoms with Gasteiger partial charge in [0.1, 0.15) is 0 Å². The summed E-state index contributed by atoms with van der Waals surface area (Å²) in [6, 6.07) is 14.6. The van der Waals surface area contributed by atoms with E-state index in [-0.39, 0.29) is 5.41 Å². The maximum absolute atomic E-state index is 5.89. The van der Waals surface area contributed by atoms with Gasteiger partial charge in [0.2, 0.25) is 5.89 Å². The van der Waals surface area contributed by atoms with Crippen LogP contribution in [0.3, 0.4) is 0 Å². The molecule has 0 spiro atoms. The van der Waals surface area contributed by atoms with Crippen LogP contribution < -0.4 is 5.32 Å². The van der Waals surface area contributed by atoms with Crippen LogP contribution in [0.4, 0.5) is 11.7 Å². The molecule has 1 N–H and O–H groups in total. The molecule has 0 aliphatic rings. The average molecular weight is 399 g/mol. The highest BCUT2D eigenvalue weighted by Crippen LogP contribution is 2.27. The lowest BCUT2D eigenvalue weighted by atomic mass is 9.87. The number of pyridine rings is 2. The monoisotopic (exact) mass is 399 g/mol. The quantitative estimate of drug-likeness (QED) is 0.471. The van der Waals surface area contributed by atoms with Crippen LogP contribution in [0.2, 0.25) is 0 Å². The second-order valence-corrected chi connectivity index (χ2v) is 8.25. The largest absolute Gasteiger partial charge is 0.403 e. The number of aromatic nitrogens is 4. The fourth-order valence-electron chi connectivity index (χ4n) is 3.22. The summed E-state index contributed by atoms with van der Waals surface area (Å²) in [5, 5.41) is 11.6. The van der Waals surface area contributed by atoms with Crippen molar-refractivity contribution in [1.82, 2.24) is 20.2 Å². The van der Waals surface area contributed by atoms with Crippen molar-refractivity contribution in [2.24, 2.45) is 0 Å². The van der Waals surface area contributed by atoms with Gasteiger partial charge in [0, 0.05) is 36.0 Å². The zero-order valence-electron chi connectivity index (χ0n) is 17.5. The zero-order valence-corrected chi connectivity index (χ0v) is 17.5. The average Bonchev–Trinajstić information content (AvgIpc) is 3.21. The summed E-state index contributed by atoms with van der Waals surface area (Å²) in [5.74, 6) is 0.482. The third-order valence-corrected chi connectivity index (χ3v) is 4.99. The van der Waals surface area contributed by atoms with Crippen molar-refractivity contribution in [3.8, 4) is 11.5 Å². The van der Waals surface area contributed by atoms with E-state index in [0.29, 0.717) is 11.9 Å². The minimum atomic E-state index is 0.115. The molecule has 3 heterocycles. The van der Waals surface area contributed by atoms with Crippen LogP contribution in [0.5, 0.6) is 0 Å². The number of benzene rings is 1. The van der Waals surface area contributed by atoms with Crippen molar-refractivity contribution in [2.45, 2.75) is 39.0 Å². The van der Waals surface area contributed by atoms with Crippen molar-refractivity contribution < 1.29 is 4.42 Å². The Morgan fingerprint density at radius 3 is 2.30 bits per heavy atom. The van der Waals surface area contributed by atoms with Gasteiger partial charge in [-0.1, -0.05) is 38.0 Å². The molecule has 0 amide bonds. The van der Waals surface area contributed by atoms with Crippen LogP contribution in [-0.4, -0.2) is 20.2 Å². The molecule has 4 rings (SSSR count). The van der Waals surface area contributed by atoms with E-state index in [4.69, 9.17) is 4.42 Å². The molecule has 0 radical (unpaired) electrons. The molecule has 0 saturated heterocycles. The zero-order chi connectivity index (χ0) is 21.0. The van der Waals surface area contributed by atoms with E-state index in [1.165, 1.54) is 11.1 Å². The summed E-state index contributed by atoms with van der Waals surface area (Å²) in [5.41, 5.74) is 5.50. The van der Waals surface area contributed by atoms with Gasteiger partial charge in [-0.2, -0.15) is 0 Å². The highest BCUT2D eigenvalue weighted by molar-refractivity contribution is 5.59. The Labute approximate surface area is 176 Å². The Bertz CT molecular complexity index is 1100. The smallest absolute Gasteiger partial charge is 0.320 e. The van der Waals surface area contributed by atoms with E-state index < -0.39 is 0 Å². The van der Waals surface area contributed by atoms with Gasteiger partial charge in [0.05, 0.1) is 0 Å². The van der Waals surface area contributed by atoms with E-state index in [1.807, 2.05) is 48.9 Å². The summed E-state index contributed by atoms with van der Waals surface area (Å²) in [6.45, 7) is 6.59. The topological polar surface area (TPSA) is 76.7 Å². The van der Waals surface area contributed by atoms with Crippen LogP contribution in [-0.2, 0) is 18.3 Å². The third-order valence-electron chi connectivity index (χ3n) is 4.99. The van der Waals surface area contributed by atoms with E-state index in [9.17, 15) is 0 Å². The van der Waals surface area contributed by atoms with Crippen LogP contribution in [0.15, 0.2) is 71.7 Å². The molecular weight excluding hydrogens is 374 g/mol. The number of anilines is 2. The number of nitrogens with one attached hydrogen (secondary N) is 1. The van der Waals surface area contributed by atoms with E-state index >= 15 is 0 Å². The highest BCUT2D eigenvalue weighted by atomic mass is 16.4. The molecule has 1 aromatic carbocycles. The van der Waals surface area contributed by atoms with Crippen LogP contribution in [0, 0.1) is 0 Å². The summed E-state index contributed by atoms with van der Waals surface area (Å²) in [4.78, 5) is 8.33. The van der Waals surface area contributed by atoms with Gasteiger partial charge in [-0.15, -0.1) is 5.10 Å². The number of hydrogen-bond donors (Lipinski definition) is 1. The molecule has 0 unspecified atom stereocenters. The van der Waals surface area contributed by atoms with Crippen molar-refractivity contribution in [2.75, 3.05) is 5.32 Å². The first-order valence-corrected chi connectivity index (χ1v) is 10.0. The van der Waals surface area contributed by atoms with Crippen LogP contribution in [0.25, 0.3) is 11.5 Å². The maximum Gasteiger partial charge on any atom is 0.320 e. The van der Waals surface area contributed by atoms with Gasteiger partial charge in [-0.05, 0) is 65.3 Å². The number of hydrogen-bond acceptors (Lipinski definition) is 6. The van der Waals surface area contributed by atoms with Gasteiger partial charge in [0.25, 0.3) is 0 Å². The normalized spacial score (nSPS) is 11.4. The Hall–Kier alpha value is -3.54. The lowest BCUT2D eigenvalue weighted by molar-refractivity contribution is 0.586. The lowest BCUT2D eigenvalue weighted by Crippen LogP contribution is -2.10. The number of nitrogens with zero attached hydrogens (tertiary/aromatic N) is 4. The van der Waals surface area contributed by atoms with Gasteiger partial charge in [-0.3, -0.25) is 9.97 Å². The molecule has 0 saturated carbocycles. The minimum Gasteiger partial charge on any atom is -0.403 e. The molecular formula is C24H25N5O. The Balaban J connectivity index is 1.49. The molecule has 152 valence electrons. The predicted octanol–water partition coefficient (Wildman–Crippen LogP) is 5.35. The van der Waals surface area contributed by atoms with E-state index in [2.05, 4.69) is 58.4 Å². The first-order valence-electron chi connectivity index (χ1n) is 10.0. The fraction of sp³-hybridized carbons (Fsp3) is 0.250. The third kappa shape index (κ3) is 4.71. The molecule has 4 aromatic rings. The van der Waals surface area contributed by atoms with Gasteiger partial charge < -0.3 is 9.73 Å². The Morgan fingerprint density at radius 2 is 1.57 bits per heavy atom. The summed E-state index contributed by atoms with van der Waals surface area (Å²) < 4.78 is 5.89. The SMILES string of the molecule is CC(C)(C)c1ccc(Nc2nnc(-c3ccncc3CCc3ccncc3)o2)cc1. The predicted molar refractivity (Wildman–Crippen MR) is 118 cm³/mol. The molecule has 0 aliphatic heterocycles. The van der Waals surface area contributed by atoms with Gasteiger partial charge >= 0.3 is 6.01 Å². The van der Waals surface area contributed by atoms with E-state index in [1.54, 1.807) is 6.20 Å². The van der Waals surface area contributed by atoms with Gasteiger partial charge in [0.15, 0.2) is 0 Å². The second kappa shape index (κ2) is 8.45. The fourth-order valence-corrected chi connectivity index (χ4v) is 3.22. The molecule has 6 nitrogen and oxygen atoms in total. The van der Waals surface area contributed by atoms with Gasteiger partial charge in [-0.25, -0.2) is 0 Å². The number of rotatable bonds is 6. The molecule has 6 heteroatoms. The van der Waals surface area contributed by atoms with Crippen molar-refractivity contribution >= 4 is 11.7 Å². The molecule has 0 atom stereocenters. The first-order chi connectivity index (χ1) is 14.5. The second-order valence-electron chi connectivity index (χ2n) is 8.25. The van der Waals surface area contributed by atoms with Crippen molar-refractivity contribution in [1.29, 1.82) is 0 Å². The Kier molecular flexibility index (Phi) is 5.57. The standard InChI is InChI=1S/C24H25N5O/c1-24(2,3)19-6-8-20(9-7-19)27-23-29-28-22(30-23)21-12-15-26-16-18(21)5-4-17-10-13-25-14-11-17/h6-16H,4-5H2,1-3H3,(H,27,29). The molecule has 0 bridgehead atoms. The van der Waals surface area contributed by atoms with E-state index in [0.717, 1.165) is 29.7 Å². The van der Waals surface area contributed by atoms with Crippen molar-refractivity contribution in [3.05, 3.63) is 83.9 Å². The lowest BCUT2D eigenvalue weighted by Gasteiger charge is -2.19. The van der Waals surface area contributed by atoms with Crippen LogP contribution in [0.1, 0.15) is 37.5 Å². The molecule has 30 heavy (non-hydrogen) atoms. The summed E-state index contributed by atoms with van der Waals surface area (Å²) in [7, 11) is 0. The number of aryl methyl sites for hydroxylation is 2. The van der Waals surface area contributed by atoms with Crippen LogP contribution >= 0.6 is 0 Å². The minimum absolute atomic E-state index is 0.115.